The van der Waals surface area contributed by atoms with Gasteiger partial charge in [-0.1, -0.05) is 12.8 Å². The van der Waals surface area contributed by atoms with E-state index in [1.165, 1.54) is 12.8 Å². The molecular weight excluding hydrogens is 266 g/mol. The molecule has 6 nitrogen and oxygen atoms in total. The predicted molar refractivity (Wildman–Crippen MR) is 78.2 cm³/mol. The third kappa shape index (κ3) is 3.26. The molecule has 0 spiro atoms. The summed E-state index contributed by atoms with van der Waals surface area (Å²) < 4.78 is 1.96. The molecule has 0 aliphatic heterocycles. The zero-order valence-electron chi connectivity index (χ0n) is 11.9. The van der Waals surface area contributed by atoms with Crippen molar-refractivity contribution in [2.24, 2.45) is 5.92 Å². The van der Waals surface area contributed by atoms with Crippen LogP contribution in [0, 0.1) is 5.92 Å². The Morgan fingerprint density at radius 2 is 1.95 bits per heavy atom. The van der Waals surface area contributed by atoms with Crippen molar-refractivity contribution >= 4 is 5.91 Å². The maximum atomic E-state index is 12.0. The van der Waals surface area contributed by atoms with E-state index in [4.69, 9.17) is 0 Å². The molecule has 0 unspecified atom stereocenters. The van der Waals surface area contributed by atoms with Crippen LogP contribution in [0.2, 0.25) is 0 Å². The minimum Gasteiger partial charge on any atom is -0.354 e. The second-order valence-corrected chi connectivity index (χ2v) is 5.29. The van der Waals surface area contributed by atoms with E-state index in [2.05, 4.69) is 20.3 Å². The van der Waals surface area contributed by atoms with Crippen LogP contribution in [0.25, 0.3) is 11.6 Å². The number of amides is 1. The average molecular weight is 285 g/mol. The third-order valence-corrected chi connectivity index (χ3v) is 3.86. The molecule has 2 heterocycles. The summed E-state index contributed by atoms with van der Waals surface area (Å²) in [6.07, 6.45) is 11.4. The molecule has 6 heteroatoms. The van der Waals surface area contributed by atoms with E-state index in [1.54, 1.807) is 24.7 Å². The first-order valence-electron chi connectivity index (χ1n) is 7.41. The molecule has 2 aromatic rings. The summed E-state index contributed by atoms with van der Waals surface area (Å²) in [4.78, 5) is 24.7. The minimum atomic E-state index is 0.185. The number of hydrogen-bond acceptors (Lipinski definition) is 4. The number of hydrogen-bond donors (Lipinski definition) is 1. The van der Waals surface area contributed by atoms with Crippen LogP contribution in [0.4, 0.5) is 0 Å². The summed E-state index contributed by atoms with van der Waals surface area (Å²) >= 11 is 0. The molecular formula is C15H19N5O. The van der Waals surface area contributed by atoms with Crippen LogP contribution in [0.3, 0.4) is 0 Å². The summed E-state index contributed by atoms with van der Waals surface area (Å²) in [6, 6.07) is 1.78. The van der Waals surface area contributed by atoms with Crippen LogP contribution in [0.5, 0.6) is 0 Å². The molecule has 1 fully saturated rings. The lowest BCUT2D eigenvalue weighted by Crippen LogP contribution is -2.32. The molecule has 0 saturated heterocycles. The van der Waals surface area contributed by atoms with E-state index >= 15 is 0 Å². The van der Waals surface area contributed by atoms with Gasteiger partial charge in [-0.3, -0.25) is 4.79 Å². The molecule has 1 amide bonds. The number of aromatic nitrogens is 4. The highest BCUT2D eigenvalue weighted by molar-refractivity contribution is 5.78. The van der Waals surface area contributed by atoms with E-state index in [0.717, 1.165) is 18.7 Å². The number of carbonyl (C=O) groups is 1. The van der Waals surface area contributed by atoms with Gasteiger partial charge in [0.2, 0.25) is 5.91 Å². The first-order valence-corrected chi connectivity index (χ1v) is 7.41. The molecule has 3 rings (SSSR count). The zero-order chi connectivity index (χ0) is 14.5. The Hall–Kier alpha value is -2.24. The number of nitrogens with one attached hydrogen (secondary N) is 1. The Bertz CT molecular complexity index is 589. The highest BCUT2D eigenvalue weighted by Gasteiger charge is 2.22. The fourth-order valence-corrected chi connectivity index (χ4v) is 2.74. The molecule has 0 aromatic carbocycles. The van der Waals surface area contributed by atoms with Gasteiger partial charge >= 0.3 is 0 Å². The quantitative estimate of drug-likeness (QED) is 0.906. The summed E-state index contributed by atoms with van der Waals surface area (Å²) in [5.41, 5.74) is 0. The van der Waals surface area contributed by atoms with Crippen LogP contribution in [0.15, 0.2) is 30.9 Å². The Morgan fingerprint density at radius 1 is 1.19 bits per heavy atom. The molecule has 21 heavy (non-hydrogen) atoms. The Labute approximate surface area is 123 Å². The normalized spacial score (nSPS) is 15.2. The third-order valence-electron chi connectivity index (χ3n) is 3.86. The van der Waals surface area contributed by atoms with Crippen molar-refractivity contribution < 1.29 is 4.79 Å². The lowest BCUT2D eigenvalue weighted by Gasteiger charge is -2.11. The van der Waals surface area contributed by atoms with E-state index in [-0.39, 0.29) is 11.8 Å². The number of nitrogens with zero attached hydrogens (tertiary/aromatic N) is 4. The SMILES string of the molecule is O=C(NCCn1ccnc1-c1ncccn1)C1CCCC1. The predicted octanol–water partition coefficient (Wildman–Crippen LogP) is 1.65. The zero-order valence-corrected chi connectivity index (χ0v) is 11.9. The Balaban J connectivity index is 1.56. The van der Waals surface area contributed by atoms with Crippen molar-refractivity contribution in [3.63, 3.8) is 0 Å². The topological polar surface area (TPSA) is 72.7 Å². The van der Waals surface area contributed by atoms with Gasteiger partial charge in [0.15, 0.2) is 11.6 Å². The first-order chi connectivity index (χ1) is 10.3. The minimum absolute atomic E-state index is 0.185. The van der Waals surface area contributed by atoms with Crippen molar-refractivity contribution in [1.29, 1.82) is 0 Å². The van der Waals surface area contributed by atoms with Gasteiger partial charge in [0, 0.05) is 43.8 Å². The van der Waals surface area contributed by atoms with Gasteiger partial charge in [-0.05, 0) is 18.9 Å². The summed E-state index contributed by atoms with van der Waals surface area (Å²) in [5.74, 6) is 1.73. The monoisotopic (exact) mass is 285 g/mol. The standard InChI is InChI=1S/C15H19N5O/c21-15(12-4-1-2-5-12)19-9-11-20-10-8-18-14(20)13-16-6-3-7-17-13/h3,6-8,10,12H,1-2,4-5,9,11H2,(H,19,21). The lowest BCUT2D eigenvalue weighted by atomic mass is 10.1. The second-order valence-electron chi connectivity index (χ2n) is 5.29. The van der Waals surface area contributed by atoms with Crippen molar-refractivity contribution in [2.75, 3.05) is 6.54 Å². The van der Waals surface area contributed by atoms with Gasteiger partial charge < -0.3 is 9.88 Å². The second kappa shape index (κ2) is 6.47. The van der Waals surface area contributed by atoms with E-state index in [1.807, 2.05) is 10.8 Å². The van der Waals surface area contributed by atoms with Crippen LogP contribution >= 0.6 is 0 Å². The molecule has 1 aliphatic carbocycles. The van der Waals surface area contributed by atoms with Gasteiger partial charge in [0.1, 0.15) is 0 Å². The molecule has 1 aliphatic rings. The average Bonchev–Trinajstić information content (AvgIpc) is 3.20. The van der Waals surface area contributed by atoms with Gasteiger partial charge in [-0.15, -0.1) is 0 Å². The van der Waals surface area contributed by atoms with Gasteiger partial charge in [0.25, 0.3) is 0 Å². The maximum absolute atomic E-state index is 12.0. The number of imidazole rings is 1. The molecule has 2 aromatic heterocycles. The fraction of sp³-hybridized carbons (Fsp3) is 0.467. The van der Waals surface area contributed by atoms with Gasteiger partial charge in [-0.2, -0.15) is 0 Å². The largest absolute Gasteiger partial charge is 0.354 e. The molecule has 0 atom stereocenters. The molecule has 0 radical (unpaired) electrons. The summed E-state index contributed by atoms with van der Waals surface area (Å²) in [6.45, 7) is 1.28. The van der Waals surface area contributed by atoms with Crippen molar-refractivity contribution in [1.82, 2.24) is 24.8 Å². The molecule has 110 valence electrons. The van der Waals surface area contributed by atoms with Crippen LogP contribution in [-0.2, 0) is 11.3 Å². The smallest absolute Gasteiger partial charge is 0.223 e. The molecule has 1 N–H and O–H groups in total. The number of rotatable bonds is 5. The Morgan fingerprint density at radius 3 is 2.71 bits per heavy atom. The fourth-order valence-electron chi connectivity index (χ4n) is 2.74. The van der Waals surface area contributed by atoms with E-state index in [9.17, 15) is 4.79 Å². The van der Waals surface area contributed by atoms with Crippen molar-refractivity contribution in [2.45, 2.75) is 32.2 Å². The lowest BCUT2D eigenvalue weighted by molar-refractivity contribution is -0.124. The van der Waals surface area contributed by atoms with Crippen molar-refractivity contribution in [3.05, 3.63) is 30.9 Å². The highest BCUT2D eigenvalue weighted by atomic mass is 16.1. The van der Waals surface area contributed by atoms with E-state index in [0.29, 0.717) is 18.9 Å². The van der Waals surface area contributed by atoms with Gasteiger partial charge in [-0.25, -0.2) is 15.0 Å². The molecule has 1 saturated carbocycles. The van der Waals surface area contributed by atoms with E-state index < -0.39 is 0 Å². The highest BCUT2D eigenvalue weighted by Crippen LogP contribution is 2.24. The maximum Gasteiger partial charge on any atom is 0.223 e. The van der Waals surface area contributed by atoms with Crippen LogP contribution in [-0.4, -0.2) is 32.0 Å². The van der Waals surface area contributed by atoms with Gasteiger partial charge in [0.05, 0.1) is 0 Å². The summed E-state index contributed by atoms with van der Waals surface area (Å²) in [7, 11) is 0. The van der Waals surface area contributed by atoms with Crippen molar-refractivity contribution in [3.8, 4) is 11.6 Å². The number of carbonyl (C=O) groups excluding carboxylic acids is 1. The first kappa shape index (κ1) is 13.7. The summed E-state index contributed by atoms with van der Waals surface area (Å²) in [5, 5.41) is 3.01. The molecule has 0 bridgehead atoms. The Kier molecular flexibility index (Phi) is 4.23. The van der Waals surface area contributed by atoms with Crippen LogP contribution < -0.4 is 5.32 Å². The van der Waals surface area contributed by atoms with Crippen LogP contribution in [0.1, 0.15) is 25.7 Å².